The van der Waals surface area contributed by atoms with Crippen molar-refractivity contribution in [2.45, 2.75) is 84.0 Å². The summed E-state index contributed by atoms with van der Waals surface area (Å²) < 4.78 is 5.63. The van der Waals surface area contributed by atoms with Crippen LogP contribution in [0.1, 0.15) is 84.0 Å². The van der Waals surface area contributed by atoms with Crippen molar-refractivity contribution in [1.82, 2.24) is 5.32 Å². The van der Waals surface area contributed by atoms with Gasteiger partial charge in [0.25, 0.3) is 0 Å². The predicted molar refractivity (Wildman–Crippen MR) is 90.1 cm³/mol. The van der Waals surface area contributed by atoms with Crippen LogP contribution in [0.5, 0.6) is 0 Å². The molecule has 0 aromatic rings. The van der Waals surface area contributed by atoms with E-state index in [-0.39, 0.29) is 0 Å². The molecule has 121 valence electrons. The average molecular weight is 285 g/mol. The third kappa shape index (κ3) is 17.9. The number of hydrogen-bond donors (Lipinski definition) is 1. The van der Waals surface area contributed by atoms with Gasteiger partial charge in [0.05, 0.1) is 0 Å². The molecule has 20 heavy (non-hydrogen) atoms. The van der Waals surface area contributed by atoms with Gasteiger partial charge in [-0.3, -0.25) is 0 Å². The Morgan fingerprint density at radius 1 is 0.700 bits per heavy atom. The van der Waals surface area contributed by atoms with Crippen molar-refractivity contribution in [3.63, 3.8) is 0 Å². The minimum absolute atomic E-state index is 0.904. The molecule has 0 aliphatic carbocycles. The molecule has 0 amide bonds. The molecule has 0 fully saturated rings. The summed E-state index contributed by atoms with van der Waals surface area (Å²) in [5.41, 5.74) is 0. The Kier molecular flexibility index (Phi) is 18.8. The monoisotopic (exact) mass is 284 g/mol. The Bertz CT molecular complexity index is 143. The van der Waals surface area contributed by atoms with Crippen LogP contribution in [0.15, 0.2) is 0 Å². The number of ether oxygens (including phenoxy) is 1. The first-order chi connectivity index (χ1) is 9.91. The highest BCUT2D eigenvalue weighted by Gasteiger charge is 1.93. The first-order valence-electron chi connectivity index (χ1n) is 8.99. The molecule has 0 unspecified atom stereocenters. The fourth-order valence-electron chi connectivity index (χ4n) is 2.34. The van der Waals surface area contributed by atoms with Crippen LogP contribution in [0.25, 0.3) is 0 Å². The molecular formula is C18H38NO. The Hall–Kier alpha value is -0.0800. The van der Waals surface area contributed by atoms with E-state index < -0.39 is 0 Å². The molecule has 0 aromatic heterocycles. The van der Waals surface area contributed by atoms with E-state index in [1.165, 1.54) is 64.2 Å². The summed E-state index contributed by atoms with van der Waals surface area (Å²) in [5.74, 6) is 0. The lowest BCUT2D eigenvalue weighted by Crippen LogP contribution is -2.17. The highest BCUT2D eigenvalue weighted by atomic mass is 16.5. The Labute approximate surface area is 128 Å². The number of unbranched alkanes of at least 4 members (excludes halogenated alkanes) is 9. The van der Waals surface area contributed by atoms with Crippen molar-refractivity contribution in [3.8, 4) is 0 Å². The van der Waals surface area contributed by atoms with Crippen molar-refractivity contribution in [3.05, 3.63) is 6.92 Å². The van der Waals surface area contributed by atoms with Gasteiger partial charge >= 0.3 is 0 Å². The third-order valence-corrected chi connectivity index (χ3v) is 3.64. The number of nitrogens with one attached hydrogen (secondary N) is 1. The van der Waals surface area contributed by atoms with Crippen molar-refractivity contribution in [2.75, 3.05) is 26.3 Å². The summed E-state index contributed by atoms with van der Waals surface area (Å²) in [5, 5.41) is 3.34. The van der Waals surface area contributed by atoms with E-state index in [4.69, 9.17) is 4.74 Å². The lowest BCUT2D eigenvalue weighted by molar-refractivity contribution is 0.127. The Morgan fingerprint density at radius 2 is 1.25 bits per heavy atom. The minimum atomic E-state index is 0.904. The van der Waals surface area contributed by atoms with Gasteiger partial charge in [0.1, 0.15) is 0 Å². The molecule has 2 heteroatoms. The zero-order chi connectivity index (χ0) is 14.7. The summed E-state index contributed by atoms with van der Waals surface area (Å²) in [4.78, 5) is 0. The van der Waals surface area contributed by atoms with Gasteiger partial charge in [0, 0.05) is 13.2 Å². The van der Waals surface area contributed by atoms with E-state index in [0.29, 0.717) is 0 Å². The van der Waals surface area contributed by atoms with E-state index in [1.54, 1.807) is 0 Å². The second kappa shape index (κ2) is 18.9. The van der Waals surface area contributed by atoms with Crippen LogP contribution in [0.2, 0.25) is 0 Å². The van der Waals surface area contributed by atoms with Crippen molar-refractivity contribution >= 4 is 0 Å². The topological polar surface area (TPSA) is 21.3 Å². The minimum Gasteiger partial charge on any atom is -0.381 e. The molecule has 0 saturated heterocycles. The Balaban J connectivity index is 2.89. The largest absolute Gasteiger partial charge is 0.381 e. The van der Waals surface area contributed by atoms with E-state index in [1.807, 2.05) is 0 Å². The standard InChI is InChI=1S/C18H38NO/c1-3-5-6-7-8-9-10-11-12-13-17-20-18-14-16-19-15-4-2/h19H,2-18H2,1H3. The summed E-state index contributed by atoms with van der Waals surface area (Å²) in [7, 11) is 0. The second-order valence-electron chi connectivity index (χ2n) is 5.75. The molecule has 0 saturated carbocycles. The van der Waals surface area contributed by atoms with E-state index >= 15 is 0 Å². The van der Waals surface area contributed by atoms with E-state index in [9.17, 15) is 0 Å². The van der Waals surface area contributed by atoms with Gasteiger partial charge in [-0.25, -0.2) is 0 Å². The average Bonchev–Trinajstić information content (AvgIpc) is 2.47. The van der Waals surface area contributed by atoms with E-state index in [2.05, 4.69) is 19.2 Å². The van der Waals surface area contributed by atoms with Crippen LogP contribution in [-0.4, -0.2) is 26.3 Å². The zero-order valence-corrected chi connectivity index (χ0v) is 13.9. The van der Waals surface area contributed by atoms with Gasteiger partial charge in [-0.2, -0.15) is 0 Å². The third-order valence-electron chi connectivity index (χ3n) is 3.64. The molecule has 0 aromatic carbocycles. The zero-order valence-electron chi connectivity index (χ0n) is 13.9. The molecule has 0 heterocycles. The maximum atomic E-state index is 5.63. The van der Waals surface area contributed by atoms with Crippen LogP contribution in [0, 0.1) is 6.92 Å². The number of rotatable bonds is 17. The maximum absolute atomic E-state index is 5.63. The fourth-order valence-corrected chi connectivity index (χ4v) is 2.34. The molecule has 0 aliphatic heterocycles. The number of hydrogen-bond acceptors (Lipinski definition) is 2. The molecule has 1 N–H and O–H groups in total. The van der Waals surface area contributed by atoms with Gasteiger partial charge < -0.3 is 10.1 Å². The first kappa shape index (κ1) is 19.9. The SMILES string of the molecule is [CH2]CCNCCCOCCCCCCCCCCCC. The molecule has 0 bridgehead atoms. The van der Waals surface area contributed by atoms with Gasteiger partial charge in [0.15, 0.2) is 0 Å². The predicted octanol–water partition coefficient (Wildman–Crippen LogP) is 5.13. The highest BCUT2D eigenvalue weighted by Crippen LogP contribution is 2.10. The quantitative estimate of drug-likeness (QED) is 0.374. The highest BCUT2D eigenvalue weighted by molar-refractivity contribution is 4.49. The van der Waals surface area contributed by atoms with Crippen LogP contribution in [0.3, 0.4) is 0 Å². The van der Waals surface area contributed by atoms with Crippen molar-refractivity contribution in [2.24, 2.45) is 0 Å². The molecule has 0 atom stereocenters. The molecule has 0 rings (SSSR count). The molecule has 2 nitrogen and oxygen atoms in total. The van der Waals surface area contributed by atoms with Gasteiger partial charge in [0.2, 0.25) is 0 Å². The lowest BCUT2D eigenvalue weighted by Gasteiger charge is -2.05. The van der Waals surface area contributed by atoms with Crippen LogP contribution in [0.4, 0.5) is 0 Å². The van der Waals surface area contributed by atoms with Crippen LogP contribution in [-0.2, 0) is 4.74 Å². The summed E-state index contributed by atoms with van der Waals surface area (Å²) >= 11 is 0. The van der Waals surface area contributed by atoms with E-state index in [0.717, 1.165) is 39.1 Å². The normalized spacial score (nSPS) is 11.1. The van der Waals surface area contributed by atoms with Gasteiger partial charge in [-0.1, -0.05) is 71.6 Å². The summed E-state index contributed by atoms with van der Waals surface area (Å²) in [6.07, 6.45) is 16.0. The molecule has 0 spiro atoms. The maximum Gasteiger partial charge on any atom is 0.0478 e. The summed E-state index contributed by atoms with van der Waals surface area (Å²) in [6.45, 7) is 10.0. The Morgan fingerprint density at radius 3 is 1.85 bits per heavy atom. The lowest BCUT2D eigenvalue weighted by atomic mass is 10.1. The van der Waals surface area contributed by atoms with Crippen molar-refractivity contribution < 1.29 is 4.74 Å². The van der Waals surface area contributed by atoms with Gasteiger partial charge in [-0.15, -0.1) is 0 Å². The molecule has 0 aliphatic rings. The van der Waals surface area contributed by atoms with Gasteiger partial charge in [-0.05, 0) is 32.4 Å². The van der Waals surface area contributed by atoms with Crippen molar-refractivity contribution in [1.29, 1.82) is 0 Å². The second-order valence-corrected chi connectivity index (χ2v) is 5.75. The summed E-state index contributed by atoms with van der Waals surface area (Å²) in [6, 6.07) is 0. The first-order valence-corrected chi connectivity index (χ1v) is 8.99. The van der Waals surface area contributed by atoms with Crippen LogP contribution < -0.4 is 5.32 Å². The fraction of sp³-hybridized carbons (Fsp3) is 0.944. The smallest absolute Gasteiger partial charge is 0.0478 e. The molecular weight excluding hydrogens is 246 g/mol. The van der Waals surface area contributed by atoms with Crippen LogP contribution >= 0.6 is 0 Å². The molecule has 1 radical (unpaired) electrons.